The van der Waals surface area contributed by atoms with Gasteiger partial charge < -0.3 is 30.6 Å². The third-order valence-corrected chi connectivity index (χ3v) is 19.9. The van der Waals surface area contributed by atoms with E-state index in [4.69, 9.17) is 30.6 Å². The average molecular weight is 1370 g/mol. The Hall–Kier alpha value is -1.71. The highest BCUT2D eigenvalue weighted by Gasteiger charge is 2.03. The van der Waals surface area contributed by atoms with Crippen molar-refractivity contribution in [2.75, 3.05) is 13.2 Å². The van der Waals surface area contributed by atoms with Crippen LogP contribution in [0.2, 0.25) is 0 Å². The van der Waals surface area contributed by atoms with Crippen molar-refractivity contribution in [2.45, 2.75) is 528 Å². The Morgan fingerprint density at radius 3 is 0.323 bits per heavy atom. The smallest absolute Gasteiger partial charge is 0.303 e. The molecule has 0 rings (SSSR count). The van der Waals surface area contributed by atoms with Crippen LogP contribution in [0.1, 0.15) is 522 Å². The van der Waals surface area contributed by atoms with Gasteiger partial charge in [0, 0.05) is 19.3 Å². The first kappa shape index (κ1) is 101. The molecule has 9 heteroatoms. The fourth-order valence-corrected chi connectivity index (χ4v) is 13.3. The van der Waals surface area contributed by atoms with Crippen LogP contribution >= 0.6 is 0 Å². The summed E-state index contributed by atoms with van der Waals surface area (Å²) in [5, 5.41) is 49.8. The van der Waals surface area contributed by atoms with E-state index < -0.39 is 24.0 Å². The molecule has 0 aromatic rings. The second-order valence-electron chi connectivity index (χ2n) is 29.9. The molecule has 0 amide bonds. The predicted octanol–water partition coefficient (Wildman–Crippen LogP) is 29.0. The molecule has 9 nitrogen and oxygen atoms in total. The number of aliphatic hydroxyl groups is 3. The fraction of sp³-hybridized carbons (Fsp3) is 0.966. The summed E-state index contributed by atoms with van der Waals surface area (Å²) in [6, 6.07) is 0. The zero-order valence-corrected chi connectivity index (χ0v) is 65.6. The van der Waals surface area contributed by atoms with E-state index >= 15 is 0 Å². The van der Waals surface area contributed by atoms with Crippen molar-refractivity contribution in [3.63, 3.8) is 0 Å². The van der Waals surface area contributed by atoms with Gasteiger partial charge in [-0.1, -0.05) is 483 Å². The summed E-state index contributed by atoms with van der Waals surface area (Å²) >= 11 is 0. The van der Waals surface area contributed by atoms with Gasteiger partial charge in [0.05, 0.1) is 13.2 Å². The highest BCUT2D eigenvalue weighted by atomic mass is 16.4. The number of rotatable bonds is 80. The summed E-state index contributed by atoms with van der Waals surface area (Å²) < 4.78 is 0. The molecule has 6 N–H and O–H groups in total. The number of unbranched alkanes of at least 4 members (excludes halogenated alkanes) is 72. The van der Waals surface area contributed by atoms with Crippen LogP contribution in [0, 0.1) is 0 Å². The van der Waals surface area contributed by atoms with E-state index in [-0.39, 0.29) is 13.2 Å². The molecule has 578 valence electrons. The van der Waals surface area contributed by atoms with Crippen LogP contribution < -0.4 is 0 Å². The molecule has 0 aliphatic rings. The van der Waals surface area contributed by atoms with Crippen LogP contribution in [0.3, 0.4) is 0 Å². The molecule has 0 bridgehead atoms. The van der Waals surface area contributed by atoms with E-state index in [0.717, 1.165) is 38.5 Å². The van der Waals surface area contributed by atoms with Crippen molar-refractivity contribution < 1.29 is 45.0 Å². The Bertz CT molecular complexity index is 1220. The molecule has 0 heterocycles. The highest BCUT2D eigenvalue weighted by Crippen LogP contribution is 2.21. The van der Waals surface area contributed by atoms with Gasteiger partial charge in [-0.25, -0.2) is 0 Å². The molecule has 0 spiro atoms. The summed E-state index contributed by atoms with van der Waals surface area (Å²) in [6.45, 7) is 6.15. The third-order valence-electron chi connectivity index (χ3n) is 19.9. The van der Waals surface area contributed by atoms with E-state index in [1.807, 2.05) is 0 Å². The third kappa shape index (κ3) is 111. The van der Waals surface area contributed by atoms with Gasteiger partial charge in [-0.05, 0) is 19.3 Å². The van der Waals surface area contributed by atoms with E-state index in [1.54, 1.807) is 0 Å². The predicted molar refractivity (Wildman–Crippen MR) is 420 cm³/mol. The number of carboxylic acid groups (broad SMARTS) is 3. The van der Waals surface area contributed by atoms with Crippen molar-refractivity contribution in [1.29, 1.82) is 0 Å². The molecule has 0 fully saturated rings. The molecule has 0 unspecified atom stereocenters. The lowest BCUT2D eigenvalue weighted by Crippen LogP contribution is -2.15. The maximum Gasteiger partial charge on any atom is 0.303 e. The molecule has 0 aromatic carbocycles. The summed E-state index contributed by atoms with van der Waals surface area (Å²) in [7, 11) is 0. The molecular formula is C87H176O9. The topological polar surface area (TPSA) is 173 Å². The molecule has 0 aliphatic carbocycles. The molecular weight excluding hydrogens is 1190 g/mol. The minimum absolute atomic E-state index is 0.347. The van der Waals surface area contributed by atoms with Crippen molar-refractivity contribution in [3.8, 4) is 0 Å². The molecule has 96 heavy (non-hydrogen) atoms. The van der Waals surface area contributed by atoms with Gasteiger partial charge in [0.2, 0.25) is 0 Å². The first-order chi connectivity index (χ1) is 47.1. The second kappa shape index (κ2) is 97.5. The largest absolute Gasteiger partial charge is 0.481 e. The minimum Gasteiger partial charge on any atom is -0.481 e. The first-order valence-corrected chi connectivity index (χ1v) is 43.7. The maximum atomic E-state index is 10.4. The Morgan fingerprint density at radius 2 is 0.260 bits per heavy atom. The number of hydrogen-bond acceptors (Lipinski definition) is 6. The molecule has 0 aliphatic heterocycles. The van der Waals surface area contributed by atoms with Gasteiger partial charge in [0.15, 0.2) is 0 Å². The van der Waals surface area contributed by atoms with Gasteiger partial charge in [-0.2, -0.15) is 0 Å². The summed E-state index contributed by atoms with van der Waals surface area (Å²) in [4.78, 5) is 31.3. The number of aliphatic hydroxyl groups excluding tert-OH is 3. The minimum atomic E-state index is -0.954. The van der Waals surface area contributed by atoms with Crippen molar-refractivity contribution in [1.82, 2.24) is 0 Å². The Morgan fingerprint density at radius 1 is 0.177 bits per heavy atom. The standard InChI is InChI=1S/3C28H56O2.C3H8O3/c3*1-2-3-4-5-6-7-8-9-10-11-12-13-14-15-16-17-18-19-20-21-22-23-24-25-26-27-28(29)30;4-1-3(6)2-5/h3*2-27H2,1H3,(H,29,30);3-6H,1-2H2. The van der Waals surface area contributed by atoms with Crippen LogP contribution in [0.25, 0.3) is 0 Å². The number of aliphatic carboxylic acids is 3. The van der Waals surface area contributed by atoms with Crippen LogP contribution in [0.5, 0.6) is 0 Å². The molecule has 0 aromatic heterocycles. The molecule has 0 radical (unpaired) electrons. The van der Waals surface area contributed by atoms with Crippen LogP contribution in [0.15, 0.2) is 0 Å². The zero-order valence-electron chi connectivity index (χ0n) is 65.6. The summed E-state index contributed by atoms with van der Waals surface area (Å²) in [5.74, 6) is -1.95. The summed E-state index contributed by atoms with van der Waals surface area (Å²) in [6.07, 6.45) is 104. The van der Waals surface area contributed by atoms with Crippen LogP contribution in [-0.2, 0) is 14.4 Å². The quantitative estimate of drug-likeness (QED) is 0.0324. The lowest BCUT2D eigenvalue weighted by molar-refractivity contribution is -0.138. The van der Waals surface area contributed by atoms with E-state index in [2.05, 4.69) is 20.8 Å². The maximum absolute atomic E-state index is 10.4. The van der Waals surface area contributed by atoms with Gasteiger partial charge in [-0.15, -0.1) is 0 Å². The van der Waals surface area contributed by atoms with Gasteiger partial charge in [0.25, 0.3) is 0 Å². The van der Waals surface area contributed by atoms with Crippen molar-refractivity contribution in [2.24, 2.45) is 0 Å². The monoisotopic (exact) mass is 1370 g/mol. The number of carboxylic acids is 3. The van der Waals surface area contributed by atoms with Crippen molar-refractivity contribution >= 4 is 17.9 Å². The lowest BCUT2D eigenvalue weighted by Gasteiger charge is -2.04. The van der Waals surface area contributed by atoms with Crippen LogP contribution in [0.4, 0.5) is 0 Å². The first-order valence-electron chi connectivity index (χ1n) is 43.7. The molecule has 0 atom stereocenters. The Labute approximate surface area is 600 Å². The Kier molecular flexibility index (Phi) is 102. The lowest BCUT2D eigenvalue weighted by atomic mass is 10.0. The average Bonchev–Trinajstić information content (AvgIpc) is 3.58. The fourth-order valence-electron chi connectivity index (χ4n) is 13.3. The van der Waals surface area contributed by atoms with E-state index in [9.17, 15) is 14.4 Å². The SMILES string of the molecule is CCCCCCCCCCCCCCCCCCCCCCCCCCCC(=O)O.CCCCCCCCCCCCCCCCCCCCCCCCCCCC(=O)O.CCCCCCCCCCCCCCCCCCCCCCCCCCCC(=O)O.OCC(O)CO. The van der Waals surface area contributed by atoms with Crippen LogP contribution in [-0.4, -0.2) is 67.9 Å². The van der Waals surface area contributed by atoms with E-state index in [1.165, 1.54) is 443 Å². The molecule has 0 saturated carbocycles. The van der Waals surface area contributed by atoms with Gasteiger partial charge in [0.1, 0.15) is 6.10 Å². The summed E-state index contributed by atoms with van der Waals surface area (Å²) in [5.41, 5.74) is 0. The molecule has 0 saturated heterocycles. The van der Waals surface area contributed by atoms with Gasteiger partial charge >= 0.3 is 17.9 Å². The normalized spacial score (nSPS) is 11.2. The number of hydrogen-bond donors (Lipinski definition) is 6. The second-order valence-corrected chi connectivity index (χ2v) is 29.9. The number of carbonyl (C=O) groups is 3. The van der Waals surface area contributed by atoms with Gasteiger partial charge in [-0.3, -0.25) is 14.4 Å². The highest BCUT2D eigenvalue weighted by molar-refractivity contribution is 5.67. The zero-order chi connectivity index (χ0) is 70.9. The Balaban J connectivity index is -0.000000632. The van der Waals surface area contributed by atoms with E-state index in [0.29, 0.717) is 19.3 Å². The van der Waals surface area contributed by atoms with Crippen molar-refractivity contribution in [3.05, 3.63) is 0 Å².